The first-order chi connectivity index (χ1) is 12.7. The van der Waals surface area contributed by atoms with E-state index in [1.807, 2.05) is 16.2 Å². The van der Waals surface area contributed by atoms with Crippen molar-refractivity contribution in [2.24, 2.45) is 0 Å². The molecular weight excluding hydrogens is 350 g/mol. The van der Waals surface area contributed by atoms with Gasteiger partial charge in [-0.1, -0.05) is 6.07 Å². The molecule has 1 amide bonds. The van der Waals surface area contributed by atoms with E-state index < -0.39 is 0 Å². The summed E-state index contributed by atoms with van der Waals surface area (Å²) in [6.45, 7) is 5.89. The number of nitrogens with zero attached hydrogens (tertiary/aromatic N) is 5. The first-order valence-corrected chi connectivity index (χ1v) is 10.1. The molecule has 0 aromatic carbocycles. The number of morpholine rings is 1. The number of aromatic nitrogens is 3. The van der Waals surface area contributed by atoms with Crippen molar-refractivity contribution in [2.45, 2.75) is 38.0 Å². The van der Waals surface area contributed by atoms with Crippen molar-refractivity contribution in [3.8, 4) is 0 Å². The van der Waals surface area contributed by atoms with E-state index in [-0.39, 0.29) is 11.5 Å². The fraction of sp³-hybridized carbons (Fsp3) is 0.611. The molecule has 2 aliphatic rings. The molecule has 4 heterocycles. The summed E-state index contributed by atoms with van der Waals surface area (Å²) >= 11 is 1.81. The van der Waals surface area contributed by atoms with Crippen LogP contribution in [0.2, 0.25) is 0 Å². The van der Waals surface area contributed by atoms with Crippen molar-refractivity contribution in [1.29, 1.82) is 0 Å². The highest BCUT2D eigenvalue weighted by atomic mass is 32.1. The molecule has 140 valence electrons. The molecule has 26 heavy (non-hydrogen) atoms. The fourth-order valence-corrected chi connectivity index (χ4v) is 4.61. The standard InChI is InChI=1S/C18H25N5O2S/c24-17(3-6-23-15-19-14-20-23)22-7-4-18(5-8-22)13-21(9-10-25-18)12-16-2-1-11-26-16/h1-2,11,14-15H,3-10,12-13H2. The summed E-state index contributed by atoms with van der Waals surface area (Å²) < 4.78 is 7.91. The molecule has 4 rings (SSSR count). The molecule has 2 fully saturated rings. The summed E-state index contributed by atoms with van der Waals surface area (Å²) in [6.07, 6.45) is 5.46. The van der Waals surface area contributed by atoms with Crippen LogP contribution in [0.5, 0.6) is 0 Å². The maximum Gasteiger partial charge on any atom is 0.224 e. The van der Waals surface area contributed by atoms with Crippen molar-refractivity contribution >= 4 is 17.2 Å². The predicted molar refractivity (Wildman–Crippen MR) is 98.7 cm³/mol. The Kier molecular flexibility index (Phi) is 5.33. The molecule has 0 radical (unpaired) electrons. The Morgan fingerprint density at radius 3 is 2.92 bits per heavy atom. The van der Waals surface area contributed by atoms with Gasteiger partial charge in [0.2, 0.25) is 5.91 Å². The molecule has 1 spiro atoms. The van der Waals surface area contributed by atoms with E-state index in [9.17, 15) is 4.79 Å². The highest BCUT2D eigenvalue weighted by Crippen LogP contribution is 2.31. The van der Waals surface area contributed by atoms with Gasteiger partial charge in [0.25, 0.3) is 0 Å². The molecular formula is C18H25N5O2S. The van der Waals surface area contributed by atoms with Crippen LogP contribution in [-0.2, 0) is 22.6 Å². The summed E-state index contributed by atoms with van der Waals surface area (Å²) in [5, 5.41) is 6.18. The Morgan fingerprint density at radius 2 is 2.19 bits per heavy atom. The summed E-state index contributed by atoms with van der Waals surface area (Å²) in [5.74, 6) is 0.196. The molecule has 0 atom stereocenters. The van der Waals surface area contributed by atoms with Gasteiger partial charge in [0, 0.05) is 44.0 Å². The molecule has 2 aromatic rings. The zero-order valence-electron chi connectivity index (χ0n) is 14.9. The smallest absolute Gasteiger partial charge is 0.224 e. The van der Waals surface area contributed by atoms with E-state index in [1.165, 1.54) is 11.2 Å². The van der Waals surface area contributed by atoms with E-state index in [0.717, 1.165) is 52.2 Å². The van der Waals surface area contributed by atoms with Crippen LogP contribution >= 0.6 is 11.3 Å². The Hall–Kier alpha value is -1.77. The fourth-order valence-electron chi connectivity index (χ4n) is 3.86. The van der Waals surface area contributed by atoms with Gasteiger partial charge in [-0.05, 0) is 24.3 Å². The van der Waals surface area contributed by atoms with E-state index in [1.54, 1.807) is 11.0 Å². The van der Waals surface area contributed by atoms with Gasteiger partial charge in [-0.3, -0.25) is 14.4 Å². The second kappa shape index (κ2) is 7.85. The lowest BCUT2D eigenvalue weighted by Gasteiger charge is -2.47. The van der Waals surface area contributed by atoms with Crippen molar-refractivity contribution < 1.29 is 9.53 Å². The second-order valence-corrected chi connectivity index (χ2v) is 8.14. The molecule has 0 aliphatic carbocycles. The van der Waals surface area contributed by atoms with Gasteiger partial charge in [0.05, 0.1) is 18.8 Å². The molecule has 0 N–H and O–H groups in total. The van der Waals surface area contributed by atoms with Gasteiger partial charge in [0.1, 0.15) is 12.7 Å². The number of amides is 1. The molecule has 0 saturated carbocycles. The van der Waals surface area contributed by atoms with Crippen LogP contribution in [0.1, 0.15) is 24.1 Å². The number of thiophene rings is 1. The lowest BCUT2D eigenvalue weighted by molar-refractivity contribution is -0.151. The van der Waals surface area contributed by atoms with Crippen LogP contribution in [0.4, 0.5) is 0 Å². The molecule has 0 bridgehead atoms. The number of carbonyl (C=O) groups excluding carboxylic acids is 1. The number of aryl methyl sites for hydroxylation is 1. The maximum atomic E-state index is 12.5. The number of rotatable bonds is 5. The summed E-state index contributed by atoms with van der Waals surface area (Å²) in [5.41, 5.74) is -0.0851. The number of piperidine rings is 1. The summed E-state index contributed by atoms with van der Waals surface area (Å²) in [7, 11) is 0. The number of ether oxygens (including phenoxy) is 1. The van der Waals surface area contributed by atoms with Crippen LogP contribution in [-0.4, -0.2) is 68.9 Å². The number of likely N-dealkylation sites (tertiary alicyclic amines) is 1. The Morgan fingerprint density at radius 1 is 1.31 bits per heavy atom. The Balaban J connectivity index is 1.27. The lowest BCUT2D eigenvalue weighted by Crippen LogP contribution is -2.57. The third-order valence-electron chi connectivity index (χ3n) is 5.34. The number of carbonyl (C=O) groups is 1. The quantitative estimate of drug-likeness (QED) is 0.795. The minimum atomic E-state index is -0.0851. The van der Waals surface area contributed by atoms with E-state index in [2.05, 4.69) is 32.5 Å². The van der Waals surface area contributed by atoms with Crippen molar-refractivity contribution in [1.82, 2.24) is 24.6 Å². The van der Waals surface area contributed by atoms with Crippen molar-refractivity contribution in [2.75, 3.05) is 32.8 Å². The third kappa shape index (κ3) is 4.13. The minimum absolute atomic E-state index is 0.0851. The van der Waals surface area contributed by atoms with Gasteiger partial charge in [-0.25, -0.2) is 4.98 Å². The topological polar surface area (TPSA) is 63.5 Å². The van der Waals surface area contributed by atoms with Crippen LogP contribution in [0, 0.1) is 0 Å². The average Bonchev–Trinajstić information content (AvgIpc) is 3.34. The zero-order chi connectivity index (χ0) is 17.8. The average molecular weight is 375 g/mol. The highest BCUT2D eigenvalue weighted by Gasteiger charge is 2.40. The molecule has 2 aliphatic heterocycles. The number of hydrogen-bond acceptors (Lipinski definition) is 6. The predicted octanol–water partition coefficient (Wildman–Crippen LogP) is 1.62. The number of hydrogen-bond donors (Lipinski definition) is 0. The van der Waals surface area contributed by atoms with Gasteiger partial charge in [-0.2, -0.15) is 5.10 Å². The van der Waals surface area contributed by atoms with Crippen molar-refractivity contribution in [3.05, 3.63) is 35.0 Å². The molecule has 2 saturated heterocycles. The van der Waals surface area contributed by atoms with Gasteiger partial charge in [-0.15, -0.1) is 11.3 Å². The zero-order valence-corrected chi connectivity index (χ0v) is 15.7. The Bertz CT molecular complexity index is 695. The summed E-state index contributed by atoms with van der Waals surface area (Å²) in [4.78, 5) is 22.2. The third-order valence-corrected chi connectivity index (χ3v) is 6.20. The van der Waals surface area contributed by atoms with Crippen LogP contribution < -0.4 is 0 Å². The van der Waals surface area contributed by atoms with Gasteiger partial charge >= 0.3 is 0 Å². The SMILES string of the molecule is O=C(CCn1cncn1)N1CCC2(CC1)CN(Cc1cccs1)CCO2. The Labute approximate surface area is 157 Å². The molecule has 0 unspecified atom stereocenters. The molecule has 7 nitrogen and oxygen atoms in total. The van der Waals surface area contributed by atoms with E-state index in [0.29, 0.717) is 13.0 Å². The van der Waals surface area contributed by atoms with E-state index >= 15 is 0 Å². The largest absolute Gasteiger partial charge is 0.372 e. The van der Waals surface area contributed by atoms with E-state index in [4.69, 9.17) is 4.74 Å². The van der Waals surface area contributed by atoms with Gasteiger partial charge in [0.15, 0.2) is 0 Å². The summed E-state index contributed by atoms with van der Waals surface area (Å²) in [6, 6.07) is 4.31. The van der Waals surface area contributed by atoms with Crippen LogP contribution in [0.25, 0.3) is 0 Å². The first kappa shape index (κ1) is 17.6. The second-order valence-electron chi connectivity index (χ2n) is 7.11. The maximum absolute atomic E-state index is 12.5. The first-order valence-electron chi connectivity index (χ1n) is 9.21. The van der Waals surface area contributed by atoms with Crippen molar-refractivity contribution in [3.63, 3.8) is 0 Å². The lowest BCUT2D eigenvalue weighted by atomic mass is 9.89. The normalized spacial score (nSPS) is 20.5. The monoisotopic (exact) mass is 375 g/mol. The van der Waals surface area contributed by atoms with Crippen LogP contribution in [0.3, 0.4) is 0 Å². The molecule has 8 heteroatoms. The van der Waals surface area contributed by atoms with Gasteiger partial charge < -0.3 is 9.64 Å². The highest BCUT2D eigenvalue weighted by molar-refractivity contribution is 7.09. The van der Waals surface area contributed by atoms with Crippen LogP contribution in [0.15, 0.2) is 30.2 Å². The minimum Gasteiger partial charge on any atom is -0.372 e. The molecule has 2 aromatic heterocycles.